The molecule has 0 atom stereocenters. The minimum absolute atomic E-state index is 0.0847. The average Bonchev–Trinajstić information content (AvgIpc) is 2.09. The van der Waals surface area contributed by atoms with Crippen LogP contribution in [-0.2, 0) is 11.2 Å². The second-order valence-corrected chi connectivity index (χ2v) is 3.52. The van der Waals surface area contributed by atoms with Crippen molar-refractivity contribution in [2.45, 2.75) is 13.3 Å². The van der Waals surface area contributed by atoms with E-state index in [0.717, 1.165) is 0 Å². The number of carbonyl (C=O) groups excluding carboxylic acids is 1. The molecule has 0 aromatic heterocycles. The first-order valence-electron chi connectivity index (χ1n) is 4.13. The number of Topliss-reactive ketones (excluding diaryl/α,β-unsaturated/α-hetero) is 1. The van der Waals surface area contributed by atoms with Crippen molar-refractivity contribution in [1.82, 2.24) is 0 Å². The molecule has 0 unspecified atom stereocenters. The summed E-state index contributed by atoms with van der Waals surface area (Å²) in [5, 5.41) is 0.277. The Morgan fingerprint density at radius 3 is 2.71 bits per heavy atom. The van der Waals surface area contributed by atoms with Crippen molar-refractivity contribution in [3.05, 3.63) is 46.8 Å². The Morgan fingerprint density at radius 1 is 1.57 bits per heavy atom. The van der Waals surface area contributed by atoms with E-state index in [1.807, 2.05) is 0 Å². The van der Waals surface area contributed by atoms with E-state index in [-0.39, 0.29) is 17.2 Å². The van der Waals surface area contributed by atoms with Gasteiger partial charge in [-0.15, -0.1) is 0 Å². The number of benzene rings is 1. The molecule has 1 nitrogen and oxygen atoms in total. The lowest BCUT2D eigenvalue weighted by atomic mass is 10.1. The van der Waals surface area contributed by atoms with Crippen LogP contribution in [0.4, 0.5) is 4.39 Å². The van der Waals surface area contributed by atoms with E-state index in [1.165, 1.54) is 18.2 Å². The molecule has 0 saturated heterocycles. The first-order valence-corrected chi connectivity index (χ1v) is 4.51. The number of carbonyl (C=O) groups is 1. The molecule has 14 heavy (non-hydrogen) atoms. The molecule has 0 aliphatic rings. The molecule has 0 N–H and O–H groups in total. The largest absolute Gasteiger partial charge is 0.294 e. The molecular weight excluding hydrogens is 203 g/mol. The van der Waals surface area contributed by atoms with Gasteiger partial charge < -0.3 is 0 Å². The Kier molecular flexibility index (Phi) is 3.42. The standard InChI is InChI=1S/C11H10ClFO/c1-7(2)11(14)5-8-3-4-9(13)6-10(8)12/h3-4,6H,1,5H2,2H3. The van der Waals surface area contributed by atoms with Gasteiger partial charge >= 0.3 is 0 Å². The van der Waals surface area contributed by atoms with E-state index < -0.39 is 5.82 Å². The minimum atomic E-state index is -0.401. The summed E-state index contributed by atoms with van der Waals surface area (Å²) >= 11 is 5.76. The highest BCUT2D eigenvalue weighted by molar-refractivity contribution is 6.31. The lowest BCUT2D eigenvalue weighted by Gasteiger charge is -2.03. The van der Waals surface area contributed by atoms with E-state index in [1.54, 1.807) is 6.92 Å². The Balaban J connectivity index is 2.87. The quantitative estimate of drug-likeness (QED) is 0.704. The Labute approximate surface area is 87.2 Å². The maximum Gasteiger partial charge on any atom is 0.162 e. The summed E-state index contributed by atoms with van der Waals surface area (Å²) in [7, 11) is 0. The first kappa shape index (κ1) is 10.9. The van der Waals surface area contributed by atoms with Gasteiger partial charge in [-0.2, -0.15) is 0 Å². The highest BCUT2D eigenvalue weighted by atomic mass is 35.5. The summed E-state index contributed by atoms with van der Waals surface area (Å²) in [6, 6.07) is 3.99. The van der Waals surface area contributed by atoms with Gasteiger partial charge in [0.05, 0.1) is 0 Å². The lowest BCUT2D eigenvalue weighted by molar-refractivity contribution is -0.114. The Morgan fingerprint density at radius 2 is 2.21 bits per heavy atom. The Bertz CT molecular complexity index is 385. The third kappa shape index (κ3) is 2.67. The van der Waals surface area contributed by atoms with Crippen LogP contribution >= 0.6 is 11.6 Å². The van der Waals surface area contributed by atoms with Gasteiger partial charge in [-0.25, -0.2) is 4.39 Å². The fourth-order valence-electron chi connectivity index (χ4n) is 0.989. The van der Waals surface area contributed by atoms with Gasteiger partial charge in [0, 0.05) is 11.4 Å². The molecule has 0 saturated carbocycles. The molecule has 0 heterocycles. The maximum absolute atomic E-state index is 12.7. The zero-order valence-electron chi connectivity index (χ0n) is 7.81. The molecule has 1 rings (SSSR count). The van der Waals surface area contributed by atoms with Gasteiger partial charge in [0.15, 0.2) is 5.78 Å². The van der Waals surface area contributed by atoms with Crippen molar-refractivity contribution in [3.8, 4) is 0 Å². The van der Waals surface area contributed by atoms with E-state index in [2.05, 4.69) is 6.58 Å². The van der Waals surface area contributed by atoms with E-state index in [9.17, 15) is 9.18 Å². The number of hydrogen-bond donors (Lipinski definition) is 0. The number of hydrogen-bond acceptors (Lipinski definition) is 1. The maximum atomic E-state index is 12.7. The third-order valence-corrected chi connectivity index (χ3v) is 2.19. The van der Waals surface area contributed by atoms with Gasteiger partial charge in [0.1, 0.15) is 5.82 Å². The number of rotatable bonds is 3. The number of allylic oxidation sites excluding steroid dienone is 1. The predicted octanol–water partition coefficient (Wildman–Crippen LogP) is 3.17. The SMILES string of the molecule is C=C(C)C(=O)Cc1ccc(F)cc1Cl. The molecule has 0 aliphatic carbocycles. The molecule has 0 bridgehead atoms. The van der Waals surface area contributed by atoms with Gasteiger partial charge in [-0.3, -0.25) is 4.79 Å². The van der Waals surface area contributed by atoms with Crippen molar-refractivity contribution in [1.29, 1.82) is 0 Å². The molecule has 0 radical (unpaired) electrons. The molecule has 0 spiro atoms. The third-order valence-electron chi connectivity index (χ3n) is 1.84. The fraction of sp³-hybridized carbons (Fsp3) is 0.182. The van der Waals surface area contributed by atoms with E-state index in [4.69, 9.17) is 11.6 Å². The van der Waals surface area contributed by atoms with Crippen LogP contribution in [-0.4, -0.2) is 5.78 Å². The predicted molar refractivity (Wildman–Crippen MR) is 54.9 cm³/mol. The first-order chi connectivity index (χ1) is 6.50. The van der Waals surface area contributed by atoms with Crippen LogP contribution in [0.25, 0.3) is 0 Å². The van der Waals surface area contributed by atoms with Gasteiger partial charge in [-0.05, 0) is 30.2 Å². The number of ketones is 1. The van der Waals surface area contributed by atoms with Crippen molar-refractivity contribution >= 4 is 17.4 Å². The highest BCUT2D eigenvalue weighted by Gasteiger charge is 2.08. The van der Waals surface area contributed by atoms with Gasteiger partial charge in [-0.1, -0.05) is 24.2 Å². The molecule has 1 aromatic carbocycles. The zero-order valence-corrected chi connectivity index (χ0v) is 8.57. The highest BCUT2D eigenvalue weighted by Crippen LogP contribution is 2.18. The molecule has 0 aliphatic heterocycles. The zero-order chi connectivity index (χ0) is 10.7. The Hall–Kier alpha value is -1.15. The van der Waals surface area contributed by atoms with Crippen molar-refractivity contribution < 1.29 is 9.18 Å². The summed E-state index contributed by atoms with van der Waals surface area (Å²) < 4.78 is 12.7. The van der Waals surface area contributed by atoms with Crippen LogP contribution in [0, 0.1) is 5.82 Å². The topological polar surface area (TPSA) is 17.1 Å². The van der Waals surface area contributed by atoms with Crippen molar-refractivity contribution in [3.63, 3.8) is 0 Å². The van der Waals surface area contributed by atoms with Crippen molar-refractivity contribution in [2.75, 3.05) is 0 Å². The average molecular weight is 213 g/mol. The smallest absolute Gasteiger partial charge is 0.162 e. The molecule has 1 aromatic rings. The second kappa shape index (κ2) is 4.38. The normalized spacial score (nSPS) is 9.93. The van der Waals surface area contributed by atoms with Crippen LogP contribution in [0.1, 0.15) is 12.5 Å². The fourth-order valence-corrected chi connectivity index (χ4v) is 1.22. The number of halogens is 2. The van der Waals surface area contributed by atoms with Crippen LogP contribution in [0.2, 0.25) is 5.02 Å². The van der Waals surface area contributed by atoms with Gasteiger partial charge in [0.25, 0.3) is 0 Å². The molecule has 3 heteroatoms. The molecule has 0 fully saturated rings. The van der Waals surface area contributed by atoms with Crippen LogP contribution in [0.3, 0.4) is 0 Å². The summed E-state index contributed by atoms with van der Waals surface area (Å²) in [5.74, 6) is -0.486. The molecular formula is C11H10ClFO. The molecule has 74 valence electrons. The second-order valence-electron chi connectivity index (χ2n) is 3.12. The van der Waals surface area contributed by atoms with Crippen LogP contribution in [0.5, 0.6) is 0 Å². The lowest BCUT2D eigenvalue weighted by Crippen LogP contribution is -2.03. The summed E-state index contributed by atoms with van der Waals surface area (Å²) in [5.41, 5.74) is 1.10. The van der Waals surface area contributed by atoms with Gasteiger partial charge in [0.2, 0.25) is 0 Å². The van der Waals surface area contributed by atoms with Crippen LogP contribution < -0.4 is 0 Å². The molecule has 0 amide bonds. The summed E-state index contributed by atoms with van der Waals surface area (Å²) in [6.07, 6.45) is 0.175. The van der Waals surface area contributed by atoms with E-state index >= 15 is 0 Å². The van der Waals surface area contributed by atoms with E-state index in [0.29, 0.717) is 11.1 Å². The minimum Gasteiger partial charge on any atom is -0.294 e. The summed E-state index contributed by atoms with van der Waals surface area (Å²) in [6.45, 7) is 5.17. The van der Waals surface area contributed by atoms with Crippen molar-refractivity contribution in [2.24, 2.45) is 0 Å². The summed E-state index contributed by atoms with van der Waals surface area (Å²) in [4.78, 5) is 11.3. The monoisotopic (exact) mass is 212 g/mol. The van der Waals surface area contributed by atoms with Crippen LogP contribution in [0.15, 0.2) is 30.4 Å².